The van der Waals surface area contributed by atoms with E-state index in [1.807, 2.05) is 35.2 Å². The Hall–Kier alpha value is -2.32. The fourth-order valence-electron chi connectivity index (χ4n) is 5.85. The molecule has 1 saturated heterocycles. The maximum atomic E-state index is 13.8. The summed E-state index contributed by atoms with van der Waals surface area (Å²) in [6, 6.07) is 11.6. The maximum absolute atomic E-state index is 13.8. The lowest BCUT2D eigenvalue weighted by atomic mass is 9.74. The minimum absolute atomic E-state index is 0.0242. The molecule has 3 aliphatic rings. The molecule has 0 aromatic heterocycles. The first-order valence-electron chi connectivity index (χ1n) is 12.6. The Morgan fingerprint density at radius 3 is 2.31 bits per heavy atom. The molecule has 1 amide bonds. The molecule has 1 aliphatic carbocycles. The van der Waals surface area contributed by atoms with E-state index >= 15 is 0 Å². The van der Waals surface area contributed by atoms with Crippen molar-refractivity contribution >= 4 is 17.5 Å². The number of halogens is 1. The van der Waals surface area contributed by atoms with E-state index in [9.17, 15) is 4.79 Å². The number of nitrogens with zero attached hydrogens (tertiary/aromatic N) is 1. The predicted molar refractivity (Wildman–Crippen MR) is 136 cm³/mol. The normalized spacial score (nSPS) is 20.7. The van der Waals surface area contributed by atoms with Gasteiger partial charge in [0, 0.05) is 19.4 Å². The van der Waals surface area contributed by atoms with Crippen LogP contribution >= 0.6 is 11.6 Å². The van der Waals surface area contributed by atoms with Crippen LogP contribution in [0.3, 0.4) is 0 Å². The summed E-state index contributed by atoms with van der Waals surface area (Å²) in [5.74, 6) is 1.07. The van der Waals surface area contributed by atoms with Gasteiger partial charge in [0.05, 0.1) is 56.8 Å². The van der Waals surface area contributed by atoms with Crippen molar-refractivity contribution in [3.8, 4) is 11.5 Å². The van der Waals surface area contributed by atoms with Gasteiger partial charge in [-0.25, -0.2) is 0 Å². The number of ether oxygens (including phenoxy) is 5. The third kappa shape index (κ3) is 4.58. The van der Waals surface area contributed by atoms with Crippen LogP contribution in [-0.4, -0.2) is 57.2 Å². The Balaban J connectivity index is 1.33. The first-order valence-corrected chi connectivity index (χ1v) is 13.0. The van der Waals surface area contributed by atoms with Crippen molar-refractivity contribution in [2.24, 2.45) is 5.92 Å². The molecule has 0 radical (unpaired) electrons. The molecule has 0 N–H and O–H groups in total. The summed E-state index contributed by atoms with van der Waals surface area (Å²) >= 11 is 6.64. The molecule has 0 unspecified atom stereocenters. The SMILES string of the molecule is COc1ccc(COC[C@H](C)CN2C(=O)c3c(Cl)cc(OC)cc3C23CCC2(CC3)OCCO2)cc1. The van der Waals surface area contributed by atoms with Crippen molar-refractivity contribution in [2.45, 2.75) is 50.5 Å². The quantitative estimate of drug-likeness (QED) is 0.482. The van der Waals surface area contributed by atoms with Gasteiger partial charge in [-0.1, -0.05) is 30.7 Å². The van der Waals surface area contributed by atoms with E-state index in [-0.39, 0.29) is 11.8 Å². The molecule has 2 heterocycles. The Kier molecular flexibility index (Phi) is 7.18. The Labute approximate surface area is 217 Å². The largest absolute Gasteiger partial charge is 0.497 e. The van der Waals surface area contributed by atoms with Gasteiger partial charge in [0.2, 0.25) is 0 Å². The molecular formula is C28H34ClNO6. The van der Waals surface area contributed by atoms with Crippen LogP contribution in [0.25, 0.3) is 0 Å². The molecule has 1 atom stereocenters. The molecule has 7 nitrogen and oxygen atoms in total. The molecule has 8 heteroatoms. The average Bonchev–Trinajstić information content (AvgIpc) is 3.43. The van der Waals surface area contributed by atoms with E-state index < -0.39 is 11.3 Å². The molecule has 2 aromatic carbocycles. The maximum Gasteiger partial charge on any atom is 0.256 e. The zero-order valence-electron chi connectivity index (χ0n) is 21.2. The predicted octanol–water partition coefficient (Wildman–Crippen LogP) is 5.18. The molecule has 0 bridgehead atoms. The van der Waals surface area contributed by atoms with Crippen molar-refractivity contribution in [1.82, 2.24) is 4.90 Å². The summed E-state index contributed by atoms with van der Waals surface area (Å²) in [4.78, 5) is 15.8. The van der Waals surface area contributed by atoms with Gasteiger partial charge in [-0.2, -0.15) is 0 Å². The summed E-state index contributed by atoms with van der Waals surface area (Å²) in [5.41, 5.74) is 2.16. The van der Waals surface area contributed by atoms with Crippen molar-refractivity contribution in [3.63, 3.8) is 0 Å². The van der Waals surface area contributed by atoms with Crippen LogP contribution in [0.1, 0.15) is 54.1 Å². The van der Waals surface area contributed by atoms with E-state index in [1.54, 1.807) is 20.3 Å². The van der Waals surface area contributed by atoms with E-state index in [0.717, 1.165) is 42.6 Å². The molecule has 2 spiro atoms. The summed E-state index contributed by atoms with van der Waals surface area (Å²) in [6.07, 6.45) is 2.95. The molecular weight excluding hydrogens is 482 g/mol. The molecule has 2 aliphatic heterocycles. The Morgan fingerprint density at radius 1 is 1.00 bits per heavy atom. The standard InChI is InChI=1S/C28H34ClNO6/c1-19(17-34-18-20-4-6-21(32-2)7-5-20)16-30-26(31)25-23(14-22(33-3)15-24(25)29)27(30)8-10-28(11-9-27)35-12-13-36-28/h4-7,14-15,19H,8-13,16-18H2,1-3H3/t19-/m1/s1. The van der Waals surface area contributed by atoms with Gasteiger partial charge in [0.1, 0.15) is 11.5 Å². The van der Waals surface area contributed by atoms with Gasteiger partial charge in [0.25, 0.3) is 5.91 Å². The first kappa shape index (κ1) is 25.3. The summed E-state index contributed by atoms with van der Waals surface area (Å²) in [7, 11) is 3.28. The van der Waals surface area contributed by atoms with Crippen molar-refractivity contribution in [2.75, 3.05) is 40.6 Å². The highest BCUT2D eigenvalue weighted by molar-refractivity contribution is 6.34. The van der Waals surface area contributed by atoms with Gasteiger partial charge in [-0.3, -0.25) is 4.79 Å². The first-order chi connectivity index (χ1) is 17.4. The average molecular weight is 516 g/mol. The number of fused-ring (bicyclic) bond motifs is 2. The number of hydrogen-bond acceptors (Lipinski definition) is 6. The van der Waals surface area contributed by atoms with E-state index in [4.69, 9.17) is 35.3 Å². The van der Waals surface area contributed by atoms with Crippen LogP contribution in [0.2, 0.25) is 5.02 Å². The third-order valence-corrected chi connectivity index (χ3v) is 8.05. The zero-order valence-corrected chi connectivity index (χ0v) is 21.9. The van der Waals surface area contributed by atoms with Crippen molar-refractivity contribution in [3.05, 3.63) is 58.1 Å². The van der Waals surface area contributed by atoms with Crippen molar-refractivity contribution < 1.29 is 28.5 Å². The van der Waals surface area contributed by atoms with Gasteiger partial charge < -0.3 is 28.6 Å². The monoisotopic (exact) mass is 515 g/mol. The van der Waals surface area contributed by atoms with Crippen LogP contribution in [0.4, 0.5) is 0 Å². The van der Waals surface area contributed by atoms with Gasteiger partial charge >= 0.3 is 0 Å². The van der Waals surface area contributed by atoms with Crippen LogP contribution in [0.15, 0.2) is 36.4 Å². The fraction of sp³-hybridized carbons (Fsp3) is 0.536. The third-order valence-electron chi connectivity index (χ3n) is 7.75. The molecule has 1 saturated carbocycles. The number of hydrogen-bond donors (Lipinski definition) is 0. The van der Waals surface area contributed by atoms with Crippen LogP contribution < -0.4 is 9.47 Å². The summed E-state index contributed by atoms with van der Waals surface area (Å²) in [5, 5.41) is 0.438. The number of methoxy groups -OCH3 is 2. The number of amides is 1. The number of carbonyl (C=O) groups excluding carboxylic acids is 1. The molecule has 5 rings (SSSR count). The highest BCUT2D eigenvalue weighted by Gasteiger charge is 2.56. The van der Waals surface area contributed by atoms with Gasteiger partial charge in [-0.05, 0) is 54.2 Å². The lowest BCUT2D eigenvalue weighted by molar-refractivity contribution is -0.193. The minimum atomic E-state index is -0.529. The van der Waals surface area contributed by atoms with E-state index in [2.05, 4.69) is 6.92 Å². The minimum Gasteiger partial charge on any atom is -0.497 e. The number of rotatable bonds is 8. The van der Waals surface area contributed by atoms with E-state index in [1.165, 1.54) is 0 Å². The number of benzene rings is 2. The fourth-order valence-corrected chi connectivity index (χ4v) is 6.14. The molecule has 2 fully saturated rings. The highest BCUT2D eigenvalue weighted by Crippen LogP contribution is 2.54. The van der Waals surface area contributed by atoms with Gasteiger partial charge in [-0.15, -0.1) is 0 Å². The Morgan fingerprint density at radius 2 is 1.67 bits per heavy atom. The molecule has 2 aromatic rings. The molecule has 36 heavy (non-hydrogen) atoms. The lowest BCUT2D eigenvalue weighted by Gasteiger charge is -2.47. The smallest absolute Gasteiger partial charge is 0.256 e. The Bertz CT molecular complexity index is 1090. The summed E-state index contributed by atoms with van der Waals surface area (Å²) < 4.78 is 28.7. The number of carbonyl (C=O) groups is 1. The molecule has 194 valence electrons. The zero-order chi connectivity index (χ0) is 25.3. The topological polar surface area (TPSA) is 66.5 Å². The van der Waals surface area contributed by atoms with Crippen LogP contribution in [0, 0.1) is 5.92 Å². The summed E-state index contributed by atoms with van der Waals surface area (Å²) in [6.45, 7) is 4.98. The van der Waals surface area contributed by atoms with Crippen LogP contribution in [-0.2, 0) is 26.4 Å². The highest BCUT2D eigenvalue weighted by atomic mass is 35.5. The lowest BCUT2D eigenvalue weighted by Crippen LogP contribution is -2.51. The second-order valence-corrected chi connectivity index (χ2v) is 10.5. The van der Waals surface area contributed by atoms with E-state index in [0.29, 0.717) is 49.3 Å². The second-order valence-electron chi connectivity index (χ2n) is 10.1. The van der Waals surface area contributed by atoms with Crippen LogP contribution in [0.5, 0.6) is 11.5 Å². The van der Waals surface area contributed by atoms with Crippen molar-refractivity contribution in [1.29, 1.82) is 0 Å². The second kappa shape index (κ2) is 10.2. The van der Waals surface area contributed by atoms with Gasteiger partial charge in [0.15, 0.2) is 5.79 Å².